The number of ether oxygens (including phenoxy) is 1. The van der Waals surface area contributed by atoms with Gasteiger partial charge in [-0.25, -0.2) is 0 Å². The molecule has 0 aromatic heterocycles. The molecule has 2 fully saturated rings. The van der Waals surface area contributed by atoms with Crippen LogP contribution in [-0.2, 0) is 4.79 Å². The topological polar surface area (TPSA) is 70.7 Å². The highest BCUT2D eigenvalue weighted by molar-refractivity contribution is 5.94. The molecule has 136 valence electrons. The van der Waals surface area contributed by atoms with Crippen molar-refractivity contribution < 1.29 is 14.3 Å². The lowest BCUT2D eigenvalue weighted by Gasteiger charge is -2.33. The molecule has 6 nitrogen and oxygen atoms in total. The van der Waals surface area contributed by atoms with Crippen LogP contribution in [0.4, 0.5) is 0 Å². The van der Waals surface area contributed by atoms with Gasteiger partial charge in [0.05, 0.1) is 13.2 Å². The predicted molar refractivity (Wildman–Crippen MR) is 95.7 cm³/mol. The molecule has 0 bridgehead atoms. The van der Waals surface area contributed by atoms with Crippen molar-refractivity contribution in [1.82, 2.24) is 15.5 Å². The van der Waals surface area contributed by atoms with Crippen LogP contribution >= 0.6 is 0 Å². The second-order valence-electron chi connectivity index (χ2n) is 6.89. The maximum atomic E-state index is 12.7. The molecule has 2 atom stereocenters. The average molecular weight is 345 g/mol. The standard InChI is InChI=1S/C19H27N3O3/c1-25-16-7-2-6-15(11-16)19(24)22-10-4-5-14(13-22)12-21-18(23)17-8-3-9-20-17/h2,6-7,11,14,17,20H,3-5,8-10,12-13H2,1H3,(H,21,23). The lowest BCUT2D eigenvalue weighted by Crippen LogP contribution is -2.46. The van der Waals surface area contributed by atoms with Gasteiger partial charge < -0.3 is 20.3 Å². The summed E-state index contributed by atoms with van der Waals surface area (Å²) in [4.78, 5) is 26.8. The van der Waals surface area contributed by atoms with Gasteiger partial charge in [0.25, 0.3) is 5.91 Å². The van der Waals surface area contributed by atoms with E-state index in [0.717, 1.165) is 38.8 Å². The predicted octanol–water partition coefficient (Wildman–Crippen LogP) is 1.42. The molecule has 0 spiro atoms. The van der Waals surface area contributed by atoms with E-state index in [1.807, 2.05) is 23.1 Å². The summed E-state index contributed by atoms with van der Waals surface area (Å²) < 4.78 is 5.20. The number of nitrogens with one attached hydrogen (secondary N) is 2. The Morgan fingerprint density at radius 1 is 1.32 bits per heavy atom. The highest BCUT2D eigenvalue weighted by Crippen LogP contribution is 2.20. The van der Waals surface area contributed by atoms with E-state index in [0.29, 0.717) is 30.3 Å². The van der Waals surface area contributed by atoms with Crippen molar-refractivity contribution in [3.63, 3.8) is 0 Å². The van der Waals surface area contributed by atoms with Crippen molar-refractivity contribution in [2.24, 2.45) is 5.92 Å². The smallest absolute Gasteiger partial charge is 0.253 e. The lowest BCUT2D eigenvalue weighted by atomic mass is 9.97. The monoisotopic (exact) mass is 345 g/mol. The second kappa shape index (κ2) is 8.34. The van der Waals surface area contributed by atoms with E-state index in [2.05, 4.69) is 10.6 Å². The summed E-state index contributed by atoms with van der Waals surface area (Å²) in [6.45, 7) is 3.02. The first-order valence-electron chi connectivity index (χ1n) is 9.12. The molecule has 2 aliphatic rings. The molecule has 2 amide bonds. The zero-order valence-electron chi connectivity index (χ0n) is 14.8. The van der Waals surface area contributed by atoms with E-state index in [-0.39, 0.29) is 17.9 Å². The Morgan fingerprint density at radius 3 is 2.96 bits per heavy atom. The number of rotatable bonds is 5. The van der Waals surface area contributed by atoms with Gasteiger partial charge >= 0.3 is 0 Å². The van der Waals surface area contributed by atoms with E-state index < -0.39 is 0 Å². The molecule has 0 saturated carbocycles. The third kappa shape index (κ3) is 4.51. The minimum Gasteiger partial charge on any atom is -0.497 e. The maximum absolute atomic E-state index is 12.7. The fourth-order valence-electron chi connectivity index (χ4n) is 3.63. The van der Waals surface area contributed by atoms with Gasteiger partial charge in [-0.05, 0) is 56.3 Å². The summed E-state index contributed by atoms with van der Waals surface area (Å²) in [5.41, 5.74) is 0.652. The first-order valence-corrected chi connectivity index (χ1v) is 9.12. The van der Waals surface area contributed by atoms with Crippen molar-refractivity contribution in [1.29, 1.82) is 0 Å². The second-order valence-corrected chi connectivity index (χ2v) is 6.89. The molecule has 2 N–H and O–H groups in total. The fourth-order valence-corrected chi connectivity index (χ4v) is 3.63. The minimum atomic E-state index is -0.0434. The zero-order valence-corrected chi connectivity index (χ0v) is 14.8. The van der Waals surface area contributed by atoms with E-state index in [1.165, 1.54) is 0 Å². The number of hydrogen-bond donors (Lipinski definition) is 2. The zero-order chi connectivity index (χ0) is 17.6. The number of benzene rings is 1. The van der Waals surface area contributed by atoms with E-state index in [1.54, 1.807) is 13.2 Å². The molecule has 0 aliphatic carbocycles. The summed E-state index contributed by atoms with van der Waals surface area (Å²) >= 11 is 0. The van der Waals surface area contributed by atoms with Crippen molar-refractivity contribution in [2.75, 3.05) is 33.3 Å². The van der Waals surface area contributed by atoms with Crippen LogP contribution in [0.15, 0.2) is 24.3 Å². The normalized spacial score (nSPS) is 23.3. The number of likely N-dealkylation sites (tertiary alicyclic amines) is 1. The SMILES string of the molecule is COc1cccc(C(=O)N2CCCC(CNC(=O)C3CCCN3)C2)c1. The highest BCUT2D eigenvalue weighted by Gasteiger charge is 2.27. The van der Waals surface area contributed by atoms with Gasteiger partial charge in [-0.15, -0.1) is 0 Å². The molecule has 25 heavy (non-hydrogen) atoms. The Labute approximate surface area is 148 Å². The van der Waals surface area contributed by atoms with Gasteiger partial charge in [0.15, 0.2) is 0 Å². The molecule has 1 aromatic rings. The highest BCUT2D eigenvalue weighted by atomic mass is 16.5. The number of nitrogens with zero attached hydrogens (tertiary/aromatic N) is 1. The van der Waals surface area contributed by atoms with Crippen LogP contribution in [0.2, 0.25) is 0 Å². The molecule has 6 heteroatoms. The molecule has 2 heterocycles. The first kappa shape index (κ1) is 17.7. The van der Waals surface area contributed by atoms with Gasteiger partial charge in [0, 0.05) is 25.2 Å². The van der Waals surface area contributed by atoms with Gasteiger partial charge in [-0.3, -0.25) is 9.59 Å². The molecule has 2 aliphatic heterocycles. The number of amides is 2. The number of carbonyl (C=O) groups is 2. The fraction of sp³-hybridized carbons (Fsp3) is 0.579. The Kier molecular flexibility index (Phi) is 5.91. The molecule has 1 aromatic carbocycles. The Morgan fingerprint density at radius 2 is 2.20 bits per heavy atom. The van der Waals surface area contributed by atoms with Gasteiger partial charge in [-0.1, -0.05) is 6.07 Å². The Bertz CT molecular complexity index is 614. The van der Waals surface area contributed by atoms with Crippen LogP contribution in [-0.4, -0.2) is 56.0 Å². The van der Waals surface area contributed by atoms with E-state index in [4.69, 9.17) is 4.74 Å². The number of methoxy groups -OCH3 is 1. The molecule has 3 rings (SSSR count). The molecule has 0 radical (unpaired) electrons. The van der Waals surface area contributed by atoms with Crippen LogP contribution < -0.4 is 15.4 Å². The van der Waals surface area contributed by atoms with Crippen LogP contribution in [0.5, 0.6) is 5.75 Å². The number of carbonyl (C=O) groups excluding carboxylic acids is 2. The number of piperidine rings is 1. The van der Waals surface area contributed by atoms with E-state index in [9.17, 15) is 9.59 Å². The van der Waals surface area contributed by atoms with Gasteiger partial charge in [-0.2, -0.15) is 0 Å². The third-order valence-electron chi connectivity index (χ3n) is 5.06. The van der Waals surface area contributed by atoms with E-state index >= 15 is 0 Å². The molecular weight excluding hydrogens is 318 g/mol. The average Bonchev–Trinajstić information content (AvgIpc) is 3.20. The summed E-state index contributed by atoms with van der Waals surface area (Å²) in [5.74, 6) is 1.13. The first-order chi connectivity index (χ1) is 12.2. The summed E-state index contributed by atoms with van der Waals surface area (Å²) in [5, 5.41) is 6.27. The quantitative estimate of drug-likeness (QED) is 0.847. The Balaban J connectivity index is 1.53. The van der Waals surface area contributed by atoms with Crippen LogP contribution in [0.1, 0.15) is 36.0 Å². The van der Waals surface area contributed by atoms with Crippen molar-refractivity contribution in [3.05, 3.63) is 29.8 Å². The molecule has 2 saturated heterocycles. The van der Waals surface area contributed by atoms with Gasteiger partial charge in [0.1, 0.15) is 5.75 Å². The summed E-state index contributed by atoms with van der Waals surface area (Å²) in [6, 6.07) is 7.23. The summed E-state index contributed by atoms with van der Waals surface area (Å²) in [7, 11) is 1.60. The molecular formula is C19H27N3O3. The Hall–Kier alpha value is -2.08. The van der Waals surface area contributed by atoms with Crippen LogP contribution in [0.25, 0.3) is 0 Å². The summed E-state index contributed by atoms with van der Waals surface area (Å²) in [6.07, 6.45) is 3.99. The van der Waals surface area contributed by atoms with Gasteiger partial charge in [0.2, 0.25) is 5.91 Å². The van der Waals surface area contributed by atoms with Crippen LogP contribution in [0.3, 0.4) is 0 Å². The van der Waals surface area contributed by atoms with Crippen molar-refractivity contribution in [2.45, 2.75) is 31.7 Å². The molecule has 2 unspecified atom stereocenters. The minimum absolute atomic E-state index is 0.0346. The largest absolute Gasteiger partial charge is 0.497 e. The number of hydrogen-bond acceptors (Lipinski definition) is 4. The van der Waals surface area contributed by atoms with Crippen LogP contribution in [0, 0.1) is 5.92 Å². The van der Waals surface area contributed by atoms with Crippen molar-refractivity contribution >= 4 is 11.8 Å². The van der Waals surface area contributed by atoms with Crippen molar-refractivity contribution in [3.8, 4) is 5.75 Å². The third-order valence-corrected chi connectivity index (χ3v) is 5.06. The lowest BCUT2D eigenvalue weighted by molar-refractivity contribution is -0.123. The maximum Gasteiger partial charge on any atom is 0.253 e.